The van der Waals surface area contributed by atoms with Gasteiger partial charge in [0, 0.05) is 11.6 Å². The molecule has 0 aliphatic heterocycles. The van der Waals surface area contributed by atoms with Crippen LogP contribution in [0.3, 0.4) is 0 Å². The number of hydrogen-bond acceptors (Lipinski definition) is 4. The van der Waals surface area contributed by atoms with E-state index in [0.717, 1.165) is 0 Å². The Balaban J connectivity index is 2.94. The van der Waals surface area contributed by atoms with Crippen LogP contribution >= 0.6 is 0 Å². The number of carbonyl (C=O) groups is 1. The maximum Gasteiger partial charge on any atom is 0.255 e. The van der Waals surface area contributed by atoms with E-state index in [1.54, 1.807) is 20.8 Å². The number of benzene rings is 1. The van der Waals surface area contributed by atoms with Crippen molar-refractivity contribution < 1.29 is 15.0 Å². The van der Waals surface area contributed by atoms with Crippen molar-refractivity contribution in [2.75, 3.05) is 0 Å². The average Bonchev–Trinajstić information content (AvgIpc) is 2.20. The lowest BCUT2D eigenvalue weighted by Crippen LogP contribution is -2.54. The van der Waals surface area contributed by atoms with Crippen LogP contribution in [0, 0.1) is 0 Å². The van der Waals surface area contributed by atoms with E-state index in [1.807, 2.05) is 0 Å². The highest BCUT2D eigenvalue weighted by Crippen LogP contribution is 2.22. The van der Waals surface area contributed by atoms with Crippen molar-refractivity contribution in [2.45, 2.75) is 32.4 Å². The van der Waals surface area contributed by atoms with E-state index < -0.39 is 11.4 Å². The largest absolute Gasteiger partial charge is 0.508 e. The van der Waals surface area contributed by atoms with Gasteiger partial charge in [-0.3, -0.25) is 4.79 Å². The van der Waals surface area contributed by atoms with Gasteiger partial charge in [-0.15, -0.1) is 0 Å². The van der Waals surface area contributed by atoms with E-state index in [2.05, 4.69) is 5.32 Å². The third-order valence-electron chi connectivity index (χ3n) is 2.80. The minimum atomic E-state index is -0.602. The van der Waals surface area contributed by atoms with Crippen LogP contribution < -0.4 is 11.1 Å². The normalized spacial score (nSPS) is 13.2. The predicted octanol–water partition coefficient (Wildman–Crippen LogP) is 0.953. The Morgan fingerprint density at radius 3 is 2.53 bits per heavy atom. The van der Waals surface area contributed by atoms with Gasteiger partial charge < -0.3 is 21.3 Å². The Morgan fingerprint density at radius 2 is 2.00 bits per heavy atom. The number of carbonyl (C=O) groups excluding carboxylic acids is 1. The van der Waals surface area contributed by atoms with Crippen molar-refractivity contribution in [3.63, 3.8) is 0 Å². The molecule has 5 N–H and O–H groups in total. The van der Waals surface area contributed by atoms with Crippen LogP contribution in [0.25, 0.3) is 0 Å². The molecule has 1 rings (SSSR count). The maximum absolute atomic E-state index is 11.9. The molecular formula is C12H18N2O3. The predicted molar refractivity (Wildman–Crippen MR) is 65.0 cm³/mol. The second kappa shape index (κ2) is 4.63. The molecule has 1 atom stereocenters. The molecule has 0 saturated carbocycles. The van der Waals surface area contributed by atoms with Crippen molar-refractivity contribution in [3.05, 3.63) is 23.8 Å². The SMILES string of the molecule is CC(N)C(C)(C)NC(=O)c1cc(O)ccc1O. The summed E-state index contributed by atoms with van der Waals surface area (Å²) >= 11 is 0. The number of aromatic hydroxyl groups is 2. The topological polar surface area (TPSA) is 95.6 Å². The molecule has 94 valence electrons. The molecule has 0 fully saturated rings. The molecule has 0 bridgehead atoms. The first-order valence-electron chi connectivity index (χ1n) is 5.34. The summed E-state index contributed by atoms with van der Waals surface area (Å²) < 4.78 is 0. The van der Waals surface area contributed by atoms with Crippen molar-refractivity contribution in [1.82, 2.24) is 5.32 Å². The Bertz CT molecular complexity index is 428. The molecule has 5 nitrogen and oxygen atoms in total. The highest BCUT2D eigenvalue weighted by atomic mass is 16.3. The third kappa shape index (κ3) is 3.10. The number of nitrogens with two attached hydrogens (primary N) is 1. The van der Waals surface area contributed by atoms with Gasteiger partial charge in [0.05, 0.1) is 5.56 Å². The zero-order valence-corrected chi connectivity index (χ0v) is 10.2. The molecule has 17 heavy (non-hydrogen) atoms. The average molecular weight is 238 g/mol. The molecule has 0 aromatic heterocycles. The highest BCUT2D eigenvalue weighted by molar-refractivity contribution is 5.97. The lowest BCUT2D eigenvalue weighted by atomic mass is 9.96. The third-order valence-corrected chi connectivity index (χ3v) is 2.80. The molecule has 5 heteroatoms. The summed E-state index contributed by atoms with van der Waals surface area (Å²) in [6.07, 6.45) is 0. The van der Waals surface area contributed by atoms with Gasteiger partial charge in [0.25, 0.3) is 5.91 Å². The molecule has 0 radical (unpaired) electrons. The fourth-order valence-electron chi connectivity index (χ4n) is 1.18. The fourth-order valence-corrected chi connectivity index (χ4v) is 1.18. The molecule has 0 spiro atoms. The zero-order chi connectivity index (χ0) is 13.2. The molecule has 1 aromatic carbocycles. The first-order chi connectivity index (χ1) is 7.74. The van der Waals surface area contributed by atoms with Gasteiger partial charge >= 0.3 is 0 Å². The van der Waals surface area contributed by atoms with Gasteiger partial charge in [0.1, 0.15) is 11.5 Å². The summed E-state index contributed by atoms with van der Waals surface area (Å²) in [6.45, 7) is 5.35. The molecule has 1 aromatic rings. The van der Waals surface area contributed by atoms with Gasteiger partial charge in [0.2, 0.25) is 0 Å². The molecule has 1 unspecified atom stereocenters. The van der Waals surface area contributed by atoms with Crippen molar-refractivity contribution >= 4 is 5.91 Å². The summed E-state index contributed by atoms with van der Waals surface area (Å²) in [5.74, 6) is -0.729. The van der Waals surface area contributed by atoms with Crippen LogP contribution in [0.1, 0.15) is 31.1 Å². The zero-order valence-electron chi connectivity index (χ0n) is 10.2. The first kappa shape index (κ1) is 13.3. The summed E-state index contributed by atoms with van der Waals surface area (Å²) in [7, 11) is 0. The number of phenolic OH excluding ortho intramolecular Hbond substituents is 2. The van der Waals surface area contributed by atoms with Crippen LogP contribution in [0.4, 0.5) is 0 Å². The van der Waals surface area contributed by atoms with Crippen molar-refractivity contribution in [3.8, 4) is 11.5 Å². The monoisotopic (exact) mass is 238 g/mol. The Hall–Kier alpha value is -1.75. The summed E-state index contributed by atoms with van der Waals surface area (Å²) in [5.41, 5.74) is 5.16. The molecule has 0 heterocycles. The second-order valence-electron chi connectivity index (χ2n) is 4.67. The van der Waals surface area contributed by atoms with Crippen molar-refractivity contribution in [2.24, 2.45) is 5.73 Å². The van der Waals surface area contributed by atoms with Crippen LogP contribution in [0.5, 0.6) is 11.5 Å². The van der Waals surface area contributed by atoms with Gasteiger partial charge in [-0.1, -0.05) is 0 Å². The van der Waals surface area contributed by atoms with Crippen LogP contribution in [-0.4, -0.2) is 27.7 Å². The van der Waals surface area contributed by atoms with Crippen LogP contribution in [-0.2, 0) is 0 Å². The second-order valence-corrected chi connectivity index (χ2v) is 4.67. The van der Waals surface area contributed by atoms with Crippen molar-refractivity contribution in [1.29, 1.82) is 0 Å². The minimum Gasteiger partial charge on any atom is -0.508 e. The van der Waals surface area contributed by atoms with E-state index in [9.17, 15) is 15.0 Å². The Labute approximate surface area is 100 Å². The number of hydrogen-bond donors (Lipinski definition) is 4. The number of phenols is 2. The molecule has 1 amide bonds. The van der Waals surface area contributed by atoms with E-state index in [1.165, 1.54) is 18.2 Å². The standard InChI is InChI=1S/C12H18N2O3/c1-7(13)12(2,3)14-11(17)9-6-8(15)4-5-10(9)16/h4-7,15-16H,13H2,1-3H3,(H,14,17). The molecule has 0 saturated heterocycles. The summed E-state index contributed by atoms with van der Waals surface area (Å²) in [6, 6.07) is 3.54. The van der Waals surface area contributed by atoms with E-state index in [0.29, 0.717) is 0 Å². The van der Waals surface area contributed by atoms with Gasteiger partial charge in [-0.2, -0.15) is 0 Å². The molecule has 0 aliphatic rings. The smallest absolute Gasteiger partial charge is 0.255 e. The first-order valence-corrected chi connectivity index (χ1v) is 5.34. The van der Waals surface area contributed by atoms with Crippen LogP contribution in [0.15, 0.2) is 18.2 Å². The number of rotatable bonds is 3. The Morgan fingerprint density at radius 1 is 1.41 bits per heavy atom. The fraction of sp³-hybridized carbons (Fsp3) is 0.417. The van der Waals surface area contributed by atoms with Gasteiger partial charge in [-0.25, -0.2) is 0 Å². The lowest BCUT2D eigenvalue weighted by molar-refractivity contribution is 0.0900. The maximum atomic E-state index is 11.9. The molecular weight excluding hydrogens is 220 g/mol. The Kier molecular flexibility index (Phi) is 3.63. The van der Waals surface area contributed by atoms with E-state index in [4.69, 9.17) is 5.73 Å². The molecule has 0 aliphatic carbocycles. The number of nitrogens with one attached hydrogen (secondary N) is 1. The van der Waals surface area contributed by atoms with E-state index >= 15 is 0 Å². The highest BCUT2D eigenvalue weighted by Gasteiger charge is 2.26. The minimum absolute atomic E-state index is 0.0266. The number of amides is 1. The van der Waals surface area contributed by atoms with Gasteiger partial charge in [-0.05, 0) is 39.0 Å². The van der Waals surface area contributed by atoms with E-state index in [-0.39, 0.29) is 23.1 Å². The summed E-state index contributed by atoms with van der Waals surface area (Å²) in [4.78, 5) is 11.9. The summed E-state index contributed by atoms with van der Waals surface area (Å²) in [5, 5.41) is 21.5. The van der Waals surface area contributed by atoms with Gasteiger partial charge in [0.15, 0.2) is 0 Å². The van der Waals surface area contributed by atoms with Crippen LogP contribution in [0.2, 0.25) is 0 Å². The quantitative estimate of drug-likeness (QED) is 0.590. The lowest BCUT2D eigenvalue weighted by Gasteiger charge is -2.30.